The second-order valence-corrected chi connectivity index (χ2v) is 10.9. The normalized spacial score (nSPS) is 15.3. The van der Waals surface area contributed by atoms with Crippen LogP contribution in [-0.4, -0.2) is 50.1 Å². The maximum absolute atomic E-state index is 6.27. The summed E-state index contributed by atoms with van der Waals surface area (Å²) in [4.78, 5) is 9.55. The van der Waals surface area contributed by atoms with Crippen molar-refractivity contribution in [1.29, 1.82) is 0 Å². The predicted molar refractivity (Wildman–Crippen MR) is 181 cm³/mol. The average Bonchev–Trinajstić information content (AvgIpc) is 3.50. The molecule has 2 heterocycles. The van der Waals surface area contributed by atoms with Crippen LogP contribution < -0.4 is 10.4 Å². The lowest BCUT2D eigenvalue weighted by molar-refractivity contribution is 0.0417. The number of aromatic nitrogens is 2. The second kappa shape index (κ2) is 14.9. The number of rotatable bonds is 13. The summed E-state index contributed by atoms with van der Waals surface area (Å²) in [7, 11) is 1.66. The van der Waals surface area contributed by atoms with Crippen molar-refractivity contribution in [3.63, 3.8) is 0 Å². The highest BCUT2D eigenvalue weighted by Crippen LogP contribution is 2.31. The molecule has 4 aromatic rings. The first-order valence-electron chi connectivity index (χ1n) is 15.6. The molecule has 8 nitrogen and oxygen atoms in total. The largest absolute Gasteiger partial charge is 0.496 e. The van der Waals surface area contributed by atoms with Gasteiger partial charge >= 0.3 is 0 Å². The van der Waals surface area contributed by atoms with E-state index in [1.165, 1.54) is 0 Å². The van der Waals surface area contributed by atoms with Crippen LogP contribution >= 0.6 is 0 Å². The van der Waals surface area contributed by atoms with Crippen LogP contribution in [0.4, 0.5) is 0 Å². The Kier molecular flexibility index (Phi) is 10.1. The molecule has 0 atom stereocenters. The van der Waals surface area contributed by atoms with Gasteiger partial charge in [-0.3, -0.25) is 0 Å². The summed E-state index contributed by atoms with van der Waals surface area (Å²) in [5.41, 5.74) is 5.87. The lowest BCUT2D eigenvalue weighted by Crippen LogP contribution is -2.23. The lowest BCUT2D eigenvalue weighted by Gasteiger charge is -2.08. The summed E-state index contributed by atoms with van der Waals surface area (Å²) in [6.07, 6.45) is 19.8. The van der Waals surface area contributed by atoms with Gasteiger partial charge in [0.05, 0.1) is 37.8 Å². The summed E-state index contributed by atoms with van der Waals surface area (Å²) in [6, 6.07) is 12.0. The van der Waals surface area contributed by atoms with E-state index in [2.05, 4.69) is 42.5 Å². The quantitative estimate of drug-likeness (QED) is 0.120. The number of allylic oxidation sites excluding steroid dienone is 11. The van der Waals surface area contributed by atoms with Crippen molar-refractivity contribution in [2.45, 2.75) is 26.7 Å². The fourth-order valence-corrected chi connectivity index (χ4v) is 5.33. The van der Waals surface area contributed by atoms with Crippen LogP contribution in [0.5, 0.6) is 0 Å². The van der Waals surface area contributed by atoms with Gasteiger partial charge in [0.15, 0.2) is 11.2 Å². The zero-order valence-electron chi connectivity index (χ0n) is 26.5. The summed E-state index contributed by atoms with van der Waals surface area (Å²) in [5, 5.41) is 2.27. The van der Waals surface area contributed by atoms with E-state index >= 15 is 0 Å². The van der Waals surface area contributed by atoms with E-state index in [9.17, 15) is 0 Å². The maximum Gasteiger partial charge on any atom is 0.227 e. The SMILES string of the molecule is CCOC1=C(c2nc3cc4nc(/C=C/C5=CC=CC=C(/C=C(\C)OCCOCCOC)C5)oc4cc3o2)CC=c2ccccc2=C1. The molecule has 236 valence electrons. The number of ether oxygens (including phenoxy) is 4. The third-order valence-corrected chi connectivity index (χ3v) is 7.54. The summed E-state index contributed by atoms with van der Waals surface area (Å²) < 4.78 is 34.7. The summed E-state index contributed by atoms with van der Waals surface area (Å²) in [5.74, 6) is 2.66. The molecular weight excluding hydrogens is 580 g/mol. The first-order chi connectivity index (χ1) is 22.6. The second-order valence-electron chi connectivity index (χ2n) is 10.9. The van der Waals surface area contributed by atoms with Crippen LogP contribution in [0.25, 0.3) is 46.0 Å². The molecular formula is C38H38N2O6. The number of hydrogen-bond donors (Lipinski definition) is 0. The number of nitrogens with zero attached hydrogens (tertiary/aromatic N) is 2. The van der Waals surface area contributed by atoms with E-state index in [4.69, 9.17) is 37.7 Å². The molecule has 2 aromatic heterocycles. The minimum absolute atomic E-state index is 0.495. The van der Waals surface area contributed by atoms with Crippen molar-refractivity contribution in [1.82, 2.24) is 9.97 Å². The molecule has 0 saturated carbocycles. The number of methoxy groups -OCH3 is 1. The Morgan fingerprint density at radius 3 is 2.52 bits per heavy atom. The third kappa shape index (κ3) is 7.65. The van der Waals surface area contributed by atoms with Gasteiger partial charge in [-0.1, -0.05) is 60.7 Å². The maximum atomic E-state index is 6.27. The van der Waals surface area contributed by atoms with Gasteiger partial charge in [0, 0.05) is 25.7 Å². The Bertz CT molecular complexity index is 1970. The molecule has 0 spiro atoms. The molecule has 6 rings (SSSR count). The summed E-state index contributed by atoms with van der Waals surface area (Å²) >= 11 is 0. The topological polar surface area (TPSA) is 89.0 Å². The predicted octanol–water partition coefficient (Wildman–Crippen LogP) is 6.79. The minimum atomic E-state index is 0.495. The van der Waals surface area contributed by atoms with Gasteiger partial charge in [-0.15, -0.1) is 0 Å². The van der Waals surface area contributed by atoms with Gasteiger partial charge in [-0.25, -0.2) is 9.97 Å². The lowest BCUT2D eigenvalue weighted by atomic mass is 10.0. The monoisotopic (exact) mass is 618 g/mol. The van der Waals surface area contributed by atoms with Crippen LogP contribution in [0.2, 0.25) is 0 Å². The first kappa shape index (κ1) is 31.1. The highest BCUT2D eigenvalue weighted by Gasteiger charge is 2.18. The van der Waals surface area contributed by atoms with E-state index in [-0.39, 0.29) is 0 Å². The van der Waals surface area contributed by atoms with Gasteiger partial charge < -0.3 is 27.8 Å². The molecule has 0 fully saturated rings. The Labute approximate surface area is 268 Å². The number of hydrogen-bond acceptors (Lipinski definition) is 8. The molecule has 2 aliphatic carbocycles. The fraction of sp³-hybridized carbons (Fsp3) is 0.263. The molecule has 0 unspecified atom stereocenters. The zero-order chi connectivity index (χ0) is 31.7. The van der Waals surface area contributed by atoms with E-state index in [1.54, 1.807) is 7.11 Å². The molecule has 0 amide bonds. The fourth-order valence-electron chi connectivity index (χ4n) is 5.33. The van der Waals surface area contributed by atoms with Gasteiger partial charge in [-0.2, -0.15) is 0 Å². The van der Waals surface area contributed by atoms with Gasteiger partial charge in [0.1, 0.15) is 23.4 Å². The van der Waals surface area contributed by atoms with Crippen molar-refractivity contribution < 1.29 is 27.8 Å². The summed E-state index contributed by atoms with van der Waals surface area (Å²) in [6.45, 7) is 6.64. The minimum Gasteiger partial charge on any atom is -0.496 e. The Balaban J connectivity index is 1.15. The molecule has 0 radical (unpaired) electrons. The molecule has 46 heavy (non-hydrogen) atoms. The zero-order valence-corrected chi connectivity index (χ0v) is 26.5. The van der Waals surface area contributed by atoms with Crippen molar-refractivity contribution in [3.05, 3.63) is 118 Å². The highest BCUT2D eigenvalue weighted by atomic mass is 16.5. The van der Waals surface area contributed by atoms with Crippen molar-refractivity contribution in [3.8, 4) is 0 Å². The Morgan fingerprint density at radius 1 is 0.891 bits per heavy atom. The smallest absolute Gasteiger partial charge is 0.227 e. The van der Waals surface area contributed by atoms with Crippen LogP contribution in [-0.2, 0) is 18.9 Å². The van der Waals surface area contributed by atoms with Gasteiger partial charge in [0.2, 0.25) is 11.8 Å². The van der Waals surface area contributed by atoms with E-state index in [0.29, 0.717) is 67.9 Å². The van der Waals surface area contributed by atoms with Crippen molar-refractivity contribution in [2.75, 3.05) is 40.1 Å². The van der Waals surface area contributed by atoms with Gasteiger partial charge in [0.25, 0.3) is 0 Å². The number of oxazole rings is 2. The molecule has 8 heteroatoms. The van der Waals surface area contributed by atoms with Gasteiger partial charge in [-0.05, 0) is 60.1 Å². The molecule has 2 aromatic carbocycles. The van der Waals surface area contributed by atoms with Crippen LogP contribution in [0.1, 0.15) is 38.5 Å². The standard InChI is InChI=1S/C38H38N2O6/c1-4-43-34-23-30-12-8-7-11-29(30)14-15-31(34)38-40-33-24-32-35(25-36(33)46-38)45-37(39-32)16-13-27-9-5-6-10-28(22-27)21-26(2)44-20-19-42-18-17-41-3/h5-14,16,21,23-25H,4,15,17-20,22H2,1-3H3/b16-13+,26-21+. The molecule has 2 aliphatic rings. The van der Waals surface area contributed by atoms with Crippen LogP contribution in [0.15, 0.2) is 104 Å². The molecule has 0 N–H and O–H groups in total. The van der Waals surface area contributed by atoms with E-state index in [1.807, 2.05) is 62.4 Å². The average molecular weight is 619 g/mol. The van der Waals surface area contributed by atoms with E-state index in [0.717, 1.165) is 50.6 Å². The van der Waals surface area contributed by atoms with E-state index < -0.39 is 0 Å². The number of benzene rings is 2. The van der Waals surface area contributed by atoms with Crippen molar-refractivity contribution in [2.24, 2.45) is 0 Å². The number of fused-ring (bicyclic) bond motifs is 3. The van der Waals surface area contributed by atoms with Crippen LogP contribution in [0.3, 0.4) is 0 Å². The van der Waals surface area contributed by atoms with Crippen molar-refractivity contribution >= 4 is 46.0 Å². The Morgan fingerprint density at radius 2 is 1.67 bits per heavy atom. The molecule has 0 bridgehead atoms. The van der Waals surface area contributed by atoms with Crippen LogP contribution in [0, 0.1) is 0 Å². The molecule has 0 saturated heterocycles. The Hall–Kier alpha value is -4.92. The molecule has 0 aliphatic heterocycles. The third-order valence-electron chi connectivity index (χ3n) is 7.54. The highest BCUT2D eigenvalue weighted by molar-refractivity contribution is 5.91. The first-order valence-corrected chi connectivity index (χ1v) is 15.6.